The highest BCUT2D eigenvalue weighted by Crippen LogP contribution is 2.17. The van der Waals surface area contributed by atoms with E-state index in [1.165, 1.54) is 11.6 Å². The van der Waals surface area contributed by atoms with Crippen LogP contribution < -0.4 is 10.6 Å². The van der Waals surface area contributed by atoms with Gasteiger partial charge in [-0.2, -0.15) is 5.10 Å². The first-order valence-corrected chi connectivity index (χ1v) is 8.04. The molecule has 5 nitrogen and oxygen atoms in total. The summed E-state index contributed by atoms with van der Waals surface area (Å²) in [4.78, 5) is 12.2. The SMILES string of the molecule is Cc1cc(C)n(-c2ccc(C(=O)NCC3=CCNCC3)cc2F)n1.Cl. The van der Waals surface area contributed by atoms with Crippen LogP contribution in [0.4, 0.5) is 4.39 Å². The molecule has 1 aromatic carbocycles. The Bertz CT molecular complexity index is 800. The molecule has 2 heterocycles. The lowest BCUT2D eigenvalue weighted by Gasteiger charge is -2.14. The molecule has 0 bridgehead atoms. The number of hydrogen-bond donors (Lipinski definition) is 2. The van der Waals surface area contributed by atoms with Crippen molar-refractivity contribution in [3.8, 4) is 5.69 Å². The van der Waals surface area contributed by atoms with Crippen molar-refractivity contribution in [3.63, 3.8) is 0 Å². The topological polar surface area (TPSA) is 59.0 Å². The number of hydrogen-bond acceptors (Lipinski definition) is 3. The predicted octanol–water partition coefficient (Wildman–Crippen LogP) is 2.70. The summed E-state index contributed by atoms with van der Waals surface area (Å²) < 4.78 is 16.0. The van der Waals surface area contributed by atoms with Crippen LogP contribution in [0, 0.1) is 19.7 Å². The second kappa shape index (κ2) is 8.27. The molecule has 25 heavy (non-hydrogen) atoms. The van der Waals surface area contributed by atoms with Gasteiger partial charge in [0.25, 0.3) is 5.91 Å². The maximum Gasteiger partial charge on any atom is 0.251 e. The van der Waals surface area contributed by atoms with Crippen molar-refractivity contribution >= 4 is 18.3 Å². The van der Waals surface area contributed by atoms with E-state index in [-0.39, 0.29) is 18.3 Å². The molecule has 0 fully saturated rings. The third-order valence-corrected chi connectivity index (χ3v) is 4.08. The zero-order valence-electron chi connectivity index (χ0n) is 14.3. The average Bonchev–Trinajstić information content (AvgIpc) is 2.91. The number of amides is 1. The Kier molecular flexibility index (Phi) is 6.33. The molecular weight excluding hydrogens is 343 g/mol. The van der Waals surface area contributed by atoms with Crippen molar-refractivity contribution in [2.24, 2.45) is 0 Å². The monoisotopic (exact) mass is 364 g/mol. The van der Waals surface area contributed by atoms with Crippen LogP contribution in [0.1, 0.15) is 28.2 Å². The van der Waals surface area contributed by atoms with E-state index in [9.17, 15) is 9.18 Å². The summed E-state index contributed by atoms with van der Waals surface area (Å²) in [6.07, 6.45) is 3.00. The largest absolute Gasteiger partial charge is 0.348 e. The summed E-state index contributed by atoms with van der Waals surface area (Å²) >= 11 is 0. The van der Waals surface area contributed by atoms with Gasteiger partial charge in [0, 0.05) is 24.3 Å². The molecule has 0 unspecified atom stereocenters. The van der Waals surface area contributed by atoms with E-state index in [1.807, 2.05) is 19.9 Å². The van der Waals surface area contributed by atoms with E-state index < -0.39 is 5.82 Å². The van der Waals surface area contributed by atoms with Crippen molar-refractivity contribution in [3.05, 3.63) is 58.7 Å². The minimum Gasteiger partial charge on any atom is -0.348 e. The van der Waals surface area contributed by atoms with Crippen LogP contribution in [0.5, 0.6) is 0 Å². The highest BCUT2D eigenvalue weighted by Gasteiger charge is 2.13. The minimum atomic E-state index is -0.463. The average molecular weight is 365 g/mol. The van der Waals surface area contributed by atoms with E-state index in [2.05, 4.69) is 21.8 Å². The molecular formula is C18H22ClFN4O. The summed E-state index contributed by atoms with van der Waals surface area (Å²) in [5.41, 5.74) is 3.53. The summed E-state index contributed by atoms with van der Waals surface area (Å²) in [7, 11) is 0. The van der Waals surface area contributed by atoms with Crippen LogP contribution in [-0.4, -0.2) is 35.3 Å². The number of halogens is 2. The standard InChI is InChI=1S/C18H21FN4O.ClH/c1-12-9-13(2)23(22-12)17-4-3-15(10-16(17)19)18(24)21-11-14-5-7-20-8-6-14;/h3-5,9-10,20H,6-8,11H2,1-2H3,(H,21,24);1H. The molecule has 0 spiro atoms. The van der Waals surface area contributed by atoms with Crippen molar-refractivity contribution in [1.82, 2.24) is 20.4 Å². The highest BCUT2D eigenvalue weighted by molar-refractivity contribution is 5.94. The molecule has 2 N–H and O–H groups in total. The third-order valence-electron chi connectivity index (χ3n) is 4.08. The fourth-order valence-electron chi connectivity index (χ4n) is 2.82. The highest BCUT2D eigenvalue weighted by atomic mass is 35.5. The summed E-state index contributed by atoms with van der Waals surface area (Å²) in [5, 5.41) is 10.3. The summed E-state index contributed by atoms with van der Waals surface area (Å²) in [6, 6.07) is 6.36. The molecule has 1 aliphatic heterocycles. The van der Waals surface area contributed by atoms with Gasteiger partial charge in [-0.1, -0.05) is 11.6 Å². The molecule has 2 aromatic rings. The Hall–Kier alpha value is -2.18. The second-order valence-corrected chi connectivity index (χ2v) is 6.00. The van der Waals surface area contributed by atoms with Gasteiger partial charge < -0.3 is 10.6 Å². The van der Waals surface area contributed by atoms with Crippen LogP contribution >= 0.6 is 12.4 Å². The first-order valence-electron chi connectivity index (χ1n) is 8.04. The lowest BCUT2D eigenvalue weighted by Crippen LogP contribution is -2.29. The van der Waals surface area contributed by atoms with E-state index in [4.69, 9.17) is 0 Å². The lowest BCUT2D eigenvalue weighted by molar-refractivity contribution is 0.0956. The molecule has 7 heteroatoms. The van der Waals surface area contributed by atoms with Crippen LogP contribution in [0.15, 0.2) is 35.9 Å². The Morgan fingerprint density at radius 3 is 2.76 bits per heavy atom. The smallest absolute Gasteiger partial charge is 0.251 e. The Labute approximate surface area is 152 Å². The number of aryl methyl sites for hydroxylation is 2. The molecule has 1 aromatic heterocycles. The fourth-order valence-corrected chi connectivity index (χ4v) is 2.82. The Morgan fingerprint density at radius 2 is 2.16 bits per heavy atom. The normalized spacial score (nSPS) is 13.8. The van der Waals surface area contributed by atoms with Gasteiger partial charge >= 0.3 is 0 Å². The van der Waals surface area contributed by atoms with Crippen molar-refractivity contribution < 1.29 is 9.18 Å². The number of nitrogens with one attached hydrogen (secondary N) is 2. The number of carbonyl (C=O) groups is 1. The quantitative estimate of drug-likeness (QED) is 0.820. The van der Waals surface area contributed by atoms with Crippen molar-refractivity contribution in [1.29, 1.82) is 0 Å². The lowest BCUT2D eigenvalue weighted by atomic mass is 10.1. The van der Waals surface area contributed by atoms with Gasteiger partial charge in [0.1, 0.15) is 11.5 Å². The number of carbonyl (C=O) groups excluding carboxylic acids is 1. The molecule has 0 radical (unpaired) electrons. The Balaban J connectivity index is 0.00000225. The third kappa shape index (κ3) is 4.46. The zero-order valence-corrected chi connectivity index (χ0v) is 15.1. The van der Waals surface area contributed by atoms with Crippen LogP contribution in [0.2, 0.25) is 0 Å². The maximum absolute atomic E-state index is 14.4. The second-order valence-electron chi connectivity index (χ2n) is 6.00. The number of nitrogens with zero attached hydrogens (tertiary/aromatic N) is 2. The predicted molar refractivity (Wildman–Crippen MR) is 98.1 cm³/mol. The van der Waals surface area contributed by atoms with E-state index in [0.29, 0.717) is 17.8 Å². The molecule has 0 aliphatic carbocycles. The maximum atomic E-state index is 14.4. The number of rotatable bonds is 4. The molecule has 1 aliphatic rings. The summed E-state index contributed by atoms with van der Waals surface area (Å²) in [5.74, 6) is -0.733. The number of aromatic nitrogens is 2. The van der Waals surface area contributed by atoms with Crippen LogP contribution in [0.25, 0.3) is 5.69 Å². The molecule has 0 saturated carbocycles. The first-order chi connectivity index (χ1) is 11.5. The van der Waals surface area contributed by atoms with Crippen LogP contribution in [-0.2, 0) is 0 Å². The van der Waals surface area contributed by atoms with Gasteiger partial charge in [-0.05, 0) is 51.1 Å². The van der Waals surface area contributed by atoms with Gasteiger partial charge in [-0.25, -0.2) is 9.07 Å². The van der Waals surface area contributed by atoms with Crippen molar-refractivity contribution in [2.75, 3.05) is 19.6 Å². The van der Waals surface area contributed by atoms with Crippen LogP contribution in [0.3, 0.4) is 0 Å². The molecule has 134 valence electrons. The minimum absolute atomic E-state index is 0. The van der Waals surface area contributed by atoms with Gasteiger partial charge in [-0.3, -0.25) is 4.79 Å². The molecule has 3 rings (SSSR count). The summed E-state index contributed by atoms with van der Waals surface area (Å²) in [6.45, 7) is 5.98. The van der Waals surface area contributed by atoms with E-state index in [0.717, 1.165) is 30.9 Å². The first kappa shape index (κ1) is 19.1. The molecule has 0 saturated heterocycles. The van der Waals surface area contributed by atoms with Crippen molar-refractivity contribution in [2.45, 2.75) is 20.3 Å². The molecule has 1 amide bonds. The van der Waals surface area contributed by atoms with Gasteiger partial charge in [0.2, 0.25) is 0 Å². The molecule has 0 atom stereocenters. The van der Waals surface area contributed by atoms with Gasteiger partial charge in [0.05, 0.1) is 5.69 Å². The Morgan fingerprint density at radius 1 is 1.36 bits per heavy atom. The fraction of sp³-hybridized carbons (Fsp3) is 0.333. The van der Waals surface area contributed by atoms with E-state index >= 15 is 0 Å². The number of benzene rings is 1. The van der Waals surface area contributed by atoms with E-state index in [1.54, 1.807) is 16.8 Å². The van der Waals surface area contributed by atoms with Gasteiger partial charge in [-0.15, -0.1) is 12.4 Å². The zero-order chi connectivity index (χ0) is 17.1. The van der Waals surface area contributed by atoms with Gasteiger partial charge in [0.15, 0.2) is 0 Å².